The number of azide groups is 1. The molecule has 0 fully saturated rings. The summed E-state index contributed by atoms with van der Waals surface area (Å²) >= 11 is 0. The summed E-state index contributed by atoms with van der Waals surface area (Å²) in [4.78, 5) is 2.66. The van der Waals surface area contributed by atoms with E-state index in [0.717, 1.165) is 5.56 Å². The summed E-state index contributed by atoms with van der Waals surface area (Å²) in [5.74, 6) is 0. The van der Waals surface area contributed by atoms with Crippen LogP contribution in [0.1, 0.15) is 5.56 Å². The van der Waals surface area contributed by atoms with E-state index in [1.165, 1.54) is 0 Å². The third kappa shape index (κ3) is 3.02. The maximum absolute atomic E-state index is 8.14. The van der Waals surface area contributed by atoms with Gasteiger partial charge in [-0.2, -0.15) is 0 Å². The number of rotatable bonds is 2. The molecule has 5 heteroatoms. The Morgan fingerprint density at radius 1 is 1.42 bits per heavy atom. The average Bonchev–Trinajstić information content (AvgIpc) is 2.06. The first-order valence-corrected chi connectivity index (χ1v) is 3.16. The minimum atomic E-state index is 0. The minimum Gasteiger partial charge on any atom is -0.674 e. The third-order valence-corrected chi connectivity index (χ3v) is 1.33. The van der Waals surface area contributed by atoms with Crippen molar-refractivity contribution in [1.82, 2.24) is 0 Å². The molecule has 0 bridgehead atoms. The van der Waals surface area contributed by atoms with Crippen molar-refractivity contribution in [3.05, 3.63) is 46.0 Å². The van der Waals surface area contributed by atoms with Crippen LogP contribution in [0.25, 0.3) is 16.2 Å². The summed E-state index contributed by atoms with van der Waals surface area (Å²) in [5.41, 5.74) is 16.5. The molecular weight excluding hydrogens is 303 g/mol. The number of nitrogens with zero attached hydrogens (tertiary/aromatic N) is 3. The van der Waals surface area contributed by atoms with Crippen molar-refractivity contribution in [2.75, 3.05) is 0 Å². The van der Waals surface area contributed by atoms with Crippen LogP contribution in [0.5, 0.6) is 0 Å². The SMILES string of the molecule is [Dy].[N-]=[N+]=Nc1ccccc1C[NH-]. The van der Waals surface area contributed by atoms with E-state index in [4.69, 9.17) is 11.3 Å². The average molecular weight is 310 g/mol. The smallest absolute Gasteiger partial charge is 0.0389 e. The fraction of sp³-hybridized carbons (Fsp3) is 0.143. The summed E-state index contributed by atoms with van der Waals surface area (Å²) in [6.45, 7) is 0.148. The van der Waals surface area contributed by atoms with Crippen LogP contribution >= 0.6 is 0 Å². The van der Waals surface area contributed by atoms with Gasteiger partial charge in [0.2, 0.25) is 0 Å². The summed E-state index contributed by atoms with van der Waals surface area (Å²) in [6.07, 6.45) is 0. The predicted molar refractivity (Wildman–Crippen MR) is 43.3 cm³/mol. The Hall–Kier alpha value is -0.237. The monoisotopic (exact) mass is 311 g/mol. The van der Waals surface area contributed by atoms with E-state index < -0.39 is 0 Å². The van der Waals surface area contributed by atoms with E-state index in [-0.39, 0.29) is 44.7 Å². The molecular formula is C7H7DyN4-. The van der Waals surface area contributed by atoms with Gasteiger partial charge >= 0.3 is 0 Å². The van der Waals surface area contributed by atoms with Crippen LogP contribution in [0.3, 0.4) is 0 Å². The maximum atomic E-state index is 8.14. The molecule has 0 saturated carbocycles. The van der Waals surface area contributed by atoms with Crippen LogP contribution in [-0.4, -0.2) is 0 Å². The molecule has 0 aliphatic rings. The Morgan fingerprint density at radius 2 is 2.08 bits per heavy atom. The van der Waals surface area contributed by atoms with Crippen molar-refractivity contribution < 1.29 is 38.2 Å². The molecule has 0 atom stereocenters. The van der Waals surface area contributed by atoms with E-state index in [1.807, 2.05) is 6.07 Å². The zero-order valence-corrected chi connectivity index (χ0v) is 8.20. The molecule has 0 aromatic heterocycles. The topological polar surface area (TPSA) is 72.6 Å². The zero-order chi connectivity index (χ0) is 8.10. The molecule has 66 valence electrons. The molecule has 1 aromatic rings. The molecule has 1 aromatic carbocycles. The van der Waals surface area contributed by atoms with Gasteiger partial charge in [-0.25, -0.2) is 0 Å². The fourth-order valence-electron chi connectivity index (χ4n) is 0.806. The van der Waals surface area contributed by atoms with Gasteiger partial charge < -0.3 is 5.73 Å². The van der Waals surface area contributed by atoms with Crippen molar-refractivity contribution in [2.24, 2.45) is 5.11 Å². The molecule has 1 N–H and O–H groups in total. The van der Waals surface area contributed by atoms with Gasteiger partial charge in [0.1, 0.15) is 0 Å². The normalized spacial score (nSPS) is 8.08. The van der Waals surface area contributed by atoms with Crippen LogP contribution < -0.4 is 0 Å². The largest absolute Gasteiger partial charge is 0.674 e. The van der Waals surface area contributed by atoms with Crippen LogP contribution in [-0.2, 0) is 6.54 Å². The van der Waals surface area contributed by atoms with Gasteiger partial charge in [-0.1, -0.05) is 34.9 Å². The van der Waals surface area contributed by atoms with Gasteiger partial charge in [0.25, 0.3) is 0 Å². The molecule has 0 heterocycles. The molecule has 4 nitrogen and oxygen atoms in total. The molecule has 0 radical (unpaired) electrons. The second-order valence-corrected chi connectivity index (χ2v) is 1.99. The molecule has 1 rings (SSSR count). The van der Waals surface area contributed by atoms with Gasteiger partial charge in [-0.05, 0) is 5.53 Å². The molecule has 0 spiro atoms. The summed E-state index contributed by atoms with van der Waals surface area (Å²) in [6, 6.07) is 7.07. The van der Waals surface area contributed by atoms with Crippen LogP contribution in [0, 0.1) is 38.2 Å². The Labute approximate surface area is 101 Å². The minimum absolute atomic E-state index is 0. The molecule has 0 aliphatic heterocycles. The van der Waals surface area contributed by atoms with Crippen molar-refractivity contribution in [1.29, 1.82) is 0 Å². The summed E-state index contributed by atoms with van der Waals surface area (Å²) in [5, 5.41) is 3.44. The van der Waals surface area contributed by atoms with E-state index in [9.17, 15) is 0 Å². The number of nitrogens with one attached hydrogen (secondary N) is 1. The van der Waals surface area contributed by atoms with Crippen molar-refractivity contribution >= 4 is 5.69 Å². The Morgan fingerprint density at radius 3 is 2.67 bits per heavy atom. The second-order valence-electron chi connectivity index (χ2n) is 1.99. The van der Waals surface area contributed by atoms with Gasteiger partial charge in [0.05, 0.1) is 0 Å². The van der Waals surface area contributed by atoms with Gasteiger partial charge in [0.15, 0.2) is 0 Å². The Bertz CT molecular complexity index is 293. The van der Waals surface area contributed by atoms with Gasteiger partial charge in [-0.15, -0.1) is 6.54 Å². The van der Waals surface area contributed by atoms with E-state index in [0.29, 0.717) is 5.69 Å². The van der Waals surface area contributed by atoms with E-state index in [1.54, 1.807) is 18.2 Å². The van der Waals surface area contributed by atoms with Crippen molar-refractivity contribution in [2.45, 2.75) is 6.54 Å². The summed E-state index contributed by atoms with van der Waals surface area (Å²) < 4.78 is 0. The second kappa shape index (κ2) is 6.30. The molecule has 0 amide bonds. The Kier molecular flexibility index (Phi) is 6.17. The molecule has 0 unspecified atom stereocenters. The summed E-state index contributed by atoms with van der Waals surface area (Å²) in [7, 11) is 0. The zero-order valence-electron chi connectivity index (χ0n) is 6.17. The first kappa shape index (κ1) is 11.8. The van der Waals surface area contributed by atoms with Gasteiger partial charge in [0, 0.05) is 48.8 Å². The first-order chi connectivity index (χ1) is 5.38. The van der Waals surface area contributed by atoms with Crippen LogP contribution in [0.15, 0.2) is 29.4 Å². The fourth-order valence-corrected chi connectivity index (χ4v) is 0.806. The van der Waals surface area contributed by atoms with Crippen LogP contribution in [0.2, 0.25) is 0 Å². The van der Waals surface area contributed by atoms with Crippen molar-refractivity contribution in [3.8, 4) is 0 Å². The van der Waals surface area contributed by atoms with E-state index in [2.05, 4.69) is 10.0 Å². The van der Waals surface area contributed by atoms with E-state index >= 15 is 0 Å². The standard InChI is InChI=1S/C7H7N4.Dy/c8-5-6-3-1-2-4-7(6)10-11-9;/h1-4,8H,5H2;/q-1;. The molecule has 0 aliphatic carbocycles. The molecule has 0 saturated heterocycles. The Balaban J connectivity index is 0.00000121. The number of hydrogen-bond donors (Lipinski definition) is 0. The van der Waals surface area contributed by atoms with Crippen molar-refractivity contribution in [3.63, 3.8) is 0 Å². The quantitative estimate of drug-likeness (QED) is 0.457. The van der Waals surface area contributed by atoms with Crippen LogP contribution in [0.4, 0.5) is 5.69 Å². The maximum Gasteiger partial charge on any atom is 0.0389 e. The third-order valence-electron chi connectivity index (χ3n) is 1.33. The first-order valence-electron chi connectivity index (χ1n) is 3.16. The number of hydrogen-bond acceptors (Lipinski definition) is 1. The number of benzene rings is 1. The predicted octanol–water partition coefficient (Wildman–Crippen LogP) is 3.18. The van der Waals surface area contributed by atoms with Gasteiger partial charge in [-0.3, -0.25) is 0 Å². The molecule has 12 heavy (non-hydrogen) atoms.